The summed E-state index contributed by atoms with van der Waals surface area (Å²) in [7, 11) is 0. The molecular weight excluding hydrogens is 703 g/mol. The number of para-hydroxylation sites is 1. The Hall–Kier alpha value is -7.08. The fourth-order valence-corrected chi connectivity index (χ4v) is 9.90. The molecule has 1 aliphatic rings. The summed E-state index contributed by atoms with van der Waals surface area (Å²) < 4.78 is 9.41. The third kappa shape index (κ3) is 4.84. The Morgan fingerprint density at radius 2 is 1.20 bits per heavy atom. The maximum atomic E-state index is 6.81. The van der Waals surface area contributed by atoms with Crippen LogP contribution in [0.3, 0.4) is 0 Å². The first-order valence-electron chi connectivity index (χ1n) is 18.9. The lowest BCUT2D eigenvalue weighted by atomic mass is 9.98. The summed E-state index contributed by atoms with van der Waals surface area (Å²) >= 11 is 1.86. The summed E-state index contributed by atoms with van der Waals surface area (Å²) in [6.45, 7) is 0. The van der Waals surface area contributed by atoms with Gasteiger partial charge in [-0.15, -0.1) is 11.3 Å². The van der Waals surface area contributed by atoms with Crippen molar-refractivity contribution < 1.29 is 4.42 Å². The van der Waals surface area contributed by atoms with Crippen molar-refractivity contribution in [2.75, 3.05) is 0 Å². The van der Waals surface area contributed by atoms with Crippen LogP contribution in [0, 0.1) is 0 Å². The van der Waals surface area contributed by atoms with Gasteiger partial charge in [0, 0.05) is 53.2 Å². The molecule has 9 aromatic carbocycles. The predicted molar refractivity (Wildman–Crippen MR) is 236 cm³/mol. The monoisotopic (exact) mass is 733 g/mol. The van der Waals surface area contributed by atoms with Gasteiger partial charge in [-0.1, -0.05) is 158 Å². The van der Waals surface area contributed by atoms with E-state index in [0.717, 1.165) is 55.6 Å². The molecule has 0 fully saturated rings. The lowest BCUT2D eigenvalue weighted by molar-refractivity contribution is 0.663. The van der Waals surface area contributed by atoms with Crippen molar-refractivity contribution in [2.24, 2.45) is 9.98 Å². The number of hydrogen-bond acceptors (Lipinski definition) is 5. The molecule has 56 heavy (non-hydrogen) atoms. The summed E-state index contributed by atoms with van der Waals surface area (Å²) in [4.78, 5) is 10.4. The van der Waals surface area contributed by atoms with Crippen LogP contribution >= 0.6 is 11.3 Å². The van der Waals surface area contributed by atoms with Crippen molar-refractivity contribution >= 4 is 97.4 Å². The molecule has 1 aliphatic heterocycles. The summed E-state index contributed by atoms with van der Waals surface area (Å²) in [6.07, 6.45) is -0.404. The molecule has 4 nitrogen and oxygen atoms in total. The van der Waals surface area contributed by atoms with Gasteiger partial charge in [-0.05, 0) is 56.1 Å². The number of hydrogen-bond donors (Lipinski definition) is 1. The Morgan fingerprint density at radius 3 is 2.09 bits per heavy atom. The molecular formula is C51H31N3OS. The number of benzene rings is 9. The van der Waals surface area contributed by atoms with Gasteiger partial charge < -0.3 is 9.73 Å². The number of furan rings is 1. The lowest BCUT2D eigenvalue weighted by Crippen LogP contribution is -2.33. The van der Waals surface area contributed by atoms with Crippen molar-refractivity contribution in [3.8, 4) is 11.1 Å². The Bertz CT molecular complexity index is 3460. The second kappa shape index (κ2) is 12.2. The van der Waals surface area contributed by atoms with E-state index >= 15 is 0 Å². The molecule has 3 heterocycles. The number of nitrogens with one attached hydrogen (secondary N) is 1. The van der Waals surface area contributed by atoms with Crippen LogP contribution in [-0.4, -0.2) is 11.7 Å². The van der Waals surface area contributed by atoms with Crippen molar-refractivity contribution in [3.05, 3.63) is 193 Å². The third-order valence-electron chi connectivity index (χ3n) is 11.3. The van der Waals surface area contributed by atoms with E-state index in [-0.39, 0.29) is 0 Å². The van der Waals surface area contributed by atoms with Gasteiger partial charge in [0.2, 0.25) is 0 Å². The largest absolute Gasteiger partial charge is 0.455 e. The van der Waals surface area contributed by atoms with Crippen LogP contribution in [-0.2, 0) is 0 Å². The second-order valence-corrected chi connectivity index (χ2v) is 15.6. The van der Waals surface area contributed by atoms with E-state index in [4.69, 9.17) is 14.4 Å². The average Bonchev–Trinajstić information content (AvgIpc) is 3.85. The Labute approximate surface area is 325 Å². The molecule has 0 amide bonds. The van der Waals surface area contributed by atoms with Crippen LogP contribution in [0.15, 0.2) is 190 Å². The van der Waals surface area contributed by atoms with Gasteiger partial charge >= 0.3 is 0 Å². The van der Waals surface area contributed by atoms with Crippen LogP contribution in [0.4, 0.5) is 0 Å². The number of thiophene rings is 1. The number of aliphatic imine (C=N–C) groups is 2. The normalized spacial score (nSPS) is 14.6. The van der Waals surface area contributed by atoms with E-state index in [2.05, 4.69) is 163 Å². The molecule has 0 radical (unpaired) electrons. The van der Waals surface area contributed by atoms with Crippen LogP contribution in [0.1, 0.15) is 22.9 Å². The van der Waals surface area contributed by atoms with Gasteiger partial charge in [-0.3, -0.25) is 0 Å². The number of amidine groups is 2. The highest BCUT2D eigenvalue weighted by Gasteiger charge is 2.25. The van der Waals surface area contributed by atoms with Crippen molar-refractivity contribution in [2.45, 2.75) is 6.17 Å². The highest BCUT2D eigenvalue weighted by molar-refractivity contribution is 7.26. The average molecular weight is 734 g/mol. The predicted octanol–water partition coefficient (Wildman–Crippen LogP) is 13.6. The standard InChI is InChI=1S/C51H31N3OS/c1-2-12-33(13-3-1)49-52-50(35-23-22-32-21-20-30-10-4-6-14-36(30)43(32)28-35)54-51(53-49)42-18-9-19-44-46(42)41-17-8-16-37(47(41)55-44)34-25-26-39-40-27-24-31-11-5-7-15-38(31)48(40)56-45(39)29-34/h1-29,51H,(H,52,53,54). The van der Waals surface area contributed by atoms with Gasteiger partial charge in [0.05, 0.1) is 0 Å². The molecule has 0 spiro atoms. The van der Waals surface area contributed by atoms with E-state index in [9.17, 15) is 0 Å². The van der Waals surface area contributed by atoms with E-state index in [0.29, 0.717) is 5.84 Å². The smallest absolute Gasteiger partial charge is 0.159 e. The molecule has 1 atom stereocenters. The van der Waals surface area contributed by atoms with E-state index in [1.165, 1.54) is 52.5 Å². The molecule has 0 aliphatic carbocycles. The molecule has 0 saturated heterocycles. The molecule has 12 rings (SSSR count). The first-order valence-corrected chi connectivity index (χ1v) is 19.7. The molecule has 2 aromatic heterocycles. The minimum atomic E-state index is -0.404. The first kappa shape index (κ1) is 31.3. The first-order chi connectivity index (χ1) is 27.7. The highest BCUT2D eigenvalue weighted by atomic mass is 32.1. The van der Waals surface area contributed by atoms with Crippen molar-refractivity contribution in [1.82, 2.24) is 5.32 Å². The highest BCUT2D eigenvalue weighted by Crippen LogP contribution is 2.43. The quantitative estimate of drug-likeness (QED) is 0.183. The molecule has 11 aromatic rings. The summed E-state index contributed by atoms with van der Waals surface area (Å²) in [5.74, 6) is 1.48. The Kier molecular flexibility index (Phi) is 6.83. The summed E-state index contributed by atoms with van der Waals surface area (Å²) in [5.41, 5.74) is 6.94. The number of fused-ring (bicyclic) bond motifs is 11. The molecule has 0 saturated carbocycles. The van der Waals surface area contributed by atoms with Crippen molar-refractivity contribution in [3.63, 3.8) is 0 Å². The maximum absolute atomic E-state index is 6.81. The zero-order valence-corrected chi connectivity index (χ0v) is 30.8. The van der Waals surface area contributed by atoms with E-state index < -0.39 is 6.17 Å². The van der Waals surface area contributed by atoms with Crippen LogP contribution in [0.2, 0.25) is 0 Å². The molecule has 5 heteroatoms. The van der Waals surface area contributed by atoms with E-state index in [1.807, 2.05) is 29.5 Å². The summed E-state index contributed by atoms with van der Waals surface area (Å²) in [5, 5.41) is 15.9. The van der Waals surface area contributed by atoms with Crippen LogP contribution < -0.4 is 5.32 Å². The number of nitrogens with zero attached hydrogens (tertiary/aromatic N) is 2. The van der Waals surface area contributed by atoms with Gasteiger partial charge in [0.25, 0.3) is 0 Å². The third-order valence-corrected chi connectivity index (χ3v) is 12.5. The zero-order chi connectivity index (χ0) is 36.7. The maximum Gasteiger partial charge on any atom is 0.159 e. The van der Waals surface area contributed by atoms with Gasteiger partial charge in [0.15, 0.2) is 5.84 Å². The fourth-order valence-electron chi connectivity index (χ4n) is 8.62. The molecule has 1 unspecified atom stereocenters. The summed E-state index contributed by atoms with van der Waals surface area (Å²) in [6, 6.07) is 62.6. The van der Waals surface area contributed by atoms with Crippen molar-refractivity contribution in [1.29, 1.82) is 0 Å². The molecule has 262 valence electrons. The van der Waals surface area contributed by atoms with Gasteiger partial charge in [-0.25, -0.2) is 9.98 Å². The van der Waals surface area contributed by atoms with Crippen LogP contribution in [0.25, 0.3) is 85.6 Å². The SMILES string of the molecule is c1ccc(C2=NC(c3cccc4oc5c(-c6ccc7c(c6)sc6c8ccccc8ccc76)cccc5c34)NC(c3ccc4ccc5ccccc5c4c3)=N2)cc1. The van der Waals surface area contributed by atoms with Gasteiger partial charge in [-0.2, -0.15) is 0 Å². The molecule has 1 N–H and O–H groups in total. The Balaban J connectivity index is 1.00. The Morgan fingerprint density at radius 1 is 0.500 bits per heavy atom. The number of rotatable bonds is 4. The fraction of sp³-hybridized carbons (Fsp3) is 0.0196. The molecule has 0 bridgehead atoms. The van der Waals surface area contributed by atoms with E-state index in [1.54, 1.807) is 0 Å². The second-order valence-electron chi connectivity index (χ2n) is 14.5. The van der Waals surface area contributed by atoms with Crippen LogP contribution in [0.5, 0.6) is 0 Å². The van der Waals surface area contributed by atoms with Gasteiger partial charge in [0.1, 0.15) is 23.2 Å². The zero-order valence-electron chi connectivity index (χ0n) is 30.0. The topological polar surface area (TPSA) is 49.9 Å². The minimum absolute atomic E-state index is 0.404. The minimum Gasteiger partial charge on any atom is -0.455 e. The lowest BCUT2D eigenvalue weighted by Gasteiger charge is -2.24.